The van der Waals surface area contributed by atoms with Gasteiger partial charge < -0.3 is 19.9 Å². The lowest BCUT2D eigenvalue weighted by Gasteiger charge is -2.20. The summed E-state index contributed by atoms with van der Waals surface area (Å²) in [6.07, 6.45) is 2.16. The van der Waals surface area contributed by atoms with Gasteiger partial charge in [0.1, 0.15) is 11.7 Å². The summed E-state index contributed by atoms with van der Waals surface area (Å²) in [5.41, 5.74) is 0.433. The van der Waals surface area contributed by atoms with E-state index < -0.39 is 0 Å². The molecule has 126 valence electrons. The highest BCUT2D eigenvalue weighted by Gasteiger charge is 2.29. The number of amides is 3. The minimum Gasteiger partial charge on any atom is -0.472 e. The number of urea groups is 1. The Morgan fingerprint density at radius 2 is 2.17 bits per heavy atom. The fraction of sp³-hybridized carbons (Fsp3) is 0.562. The zero-order valence-corrected chi connectivity index (χ0v) is 14.1. The molecule has 1 aromatic rings. The third-order valence-corrected chi connectivity index (χ3v) is 3.53. The number of pyridine rings is 1. The summed E-state index contributed by atoms with van der Waals surface area (Å²) in [6.45, 7) is 4.97. The van der Waals surface area contributed by atoms with Crippen LogP contribution in [0.3, 0.4) is 0 Å². The van der Waals surface area contributed by atoms with Gasteiger partial charge in [-0.15, -0.1) is 0 Å². The van der Waals surface area contributed by atoms with Crippen LogP contribution in [0.25, 0.3) is 0 Å². The molecule has 0 radical (unpaired) electrons. The Morgan fingerprint density at radius 1 is 1.43 bits per heavy atom. The van der Waals surface area contributed by atoms with Crippen molar-refractivity contribution in [3.63, 3.8) is 0 Å². The fourth-order valence-corrected chi connectivity index (χ4v) is 2.39. The second-order valence-electron chi connectivity index (χ2n) is 6.13. The second kappa shape index (κ2) is 7.30. The molecule has 0 aliphatic carbocycles. The van der Waals surface area contributed by atoms with E-state index in [1.807, 2.05) is 13.8 Å². The second-order valence-corrected chi connectivity index (χ2v) is 6.13. The maximum Gasteiger partial charge on any atom is 0.317 e. The average molecular weight is 320 g/mol. The van der Waals surface area contributed by atoms with Gasteiger partial charge in [0.25, 0.3) is 5.91 Å². The summed E-state index contributed by atoms with van der Waals surface area (Å²) < 4.78 is 5.88. The van der Waals surface area contributed by atoms with Gasteiger partial charge in [-0.3, -0.25) is 4.79 Å². The SMILES string of the molecule is CC(C)NC(=O)N1CCC(Oc2ncccc2C(=O)N(C)C)C1. The quantitative estimate of drug-likeness (QED) is 0.909. The highest BCUT2D eigenvalue weighted by molar-refractivity contribution is 5.96. The Hall–Kier alpha value is -2.31. The first-order valence-corrected chi connectivity index (χ1v) is 7.77. The number of aromatic nitrogens is 1. The number of likely N-dealkylation sites (tertiary alicyclic amines) is 1. The normalized spacial score (nSPS) is 17.3. The van der Waals surface area contributed by atoms with Crippen molar-refractivity contribution in [2.45, 2.75) is 32.4 Å². The van der Waals surface area contributed by atoms with Crippen molar-refractivity contribution in [3.8, 4) is 5.88 Å². The van der Waals surface area contributed by atoms with Crippen molar-refractivity contribution in [1.82, 2.24) is 20.1 Å². The number of carbonyl (C=O) groups is 2. The predicted octanol–water partition coefficient (Wildman–Crippen LogP) is 1.35. The van der Waals surface area contributed by atoms with Crippen LogP contribution in [0.5, 0.6) is 5.88 Å². The van der Waals surface area contributed by atoms with E-state index in [4.69, 9.17) is 4.74 Å². The van der Waals surface area contributed by atoms with E-state index in [1.54, 1.807) is 37.3 Å². The highest BCUT2D eigenvalue weighted by Crippen LogP contribution is 2.21. The molecule has 1 saturated heterocycles. The van der Waals surface area contributed by atoms with E-state index >= 15 is 0 Å². The molecule has 2 heterocycles. The molecule has 7 heteroatoms. The Morgan fingerprint density at radius 3 is 2.83 bits per heavy atom. The van der Waals surface area contributed by atoms with Gasteiger partial charge in [-0.25, -0.2) is 9.78 Å². The molecule has 1 aliphatic heterocycles. The molecule has 0 bridgehead atoms. The Labute approximate surface area is 136 Å². The molecular weight excluding hydrogens is 296 g/mol. The highest BCUT2D eigenvalue weighted by atomic mass is 16.5. The van der Waals surface area contributed by atoms with E-state index in [-0.39, 0.29) is 24.1 Å². The molecule has 3 amide bonds. The average Bonchev–Trinajstić information content (AvgIpc) is 2.95. The molecule has 23 heavy (non-hydrogen) atoms. The summed E-state index contributed by atoms with van der Waals surface area (Å²) in [5, 5.41) is 2.87. The largest absolute Gasteiger partial charge is 0.472 e. The molecule has 1 N–H and O–H groups in total. The van der Waals surface area contributed by atoms with Gasteiger partial charge in [0.05, 0.1) is 6.54 Å². The van der Waals surface area contributed by atoms with Gasteiger partial charge in [0, 0.05) is 39.3 Å². The maximum atomic E-state index is 12.2. The van der Waals surface area contributed by atoms with E-state index in [2.05, 4.69) is 10.3 Å². The monoisotopic (exact) mass is 320 g/mol. The fourth-order valence-electron chi connectivity index (χ4n) is 2.39. The minimum atomic E-state index is -0.156. The molecule has 1 unspecified atom stereocenters. The Balaban J connectivity index is 2.02. The first-order chi connectivity index (χ1) is 10.9. The number of nitrogens with zero attached hydrogens (tertiary/aromatic N) is 3. The van der Waals surface area contributed by atoms with E-state index in [1.165, 1.54) is 4.90 Å². The van der Waals surface area contributed by atoms with Crippen LogP contribution < -0.4 is 10.1 Å². The lowest BCUT2D eigenvalue weighted by atomic mass is 10.2. The standard InChI is InChI=1S/C16H24N4O3/c1-11(2)18-16(22)20-9-7-12(10-20)23-14-13(6-5-8-17-14)15(21)19(3)4/h5-6,8,11-12H,7,9-10H2,1-4H3,(H,18,22). The molecule has 1 aliphatic rings. The summed E-state index contributed by atoms with van der Waals surface area (Å²) in [5.74, 6) is 0.169. The molecule has 0 aromatic carbocycles. The third kappa shape index (κ3) is 4.34. The number of nitrogens with one attached hydrogen (secondary N) is 1. The van der Waals surface area contributed by atoms with Gasteiger partial charge in [-0.2, -0.15) is 0 Å². The van der Waals surface area contributed by atoms with Crippen LogP contribution in [0.4, 0.5) is 4.79 Å². The van der Waals surface area contributed by atoms with Gasteiger partial charge >= 0.3 is 6.03 Å². The maximum absolute atomic E-state index is 12.2. The van der Waals surface area contributed by atoms with Gasteiger partial charge in [0.2, 0.25) is 5.88 Å². The van der Waals surface area contributed by atoms with Crippen molar-refractivity contribution in [1.29, 1.82) is 0 Å². The molecular formula is C16H24N4O3. The Bertz CT molecular complexity index is 574. The third-order valence-electron chi connectivity index (χ3n) is 3.53. The van der Waals surface area contributed by atoms with E-state index in [0.717, 1.165) is 6.42 Å². The van der Waals surface area contributed by atoms with Crippen LogP contribution in [0.15, 0.2) is 18.3 Å². The minimum absolute atomic E-state index is 0.0864. The van der Waals surface area contributed by atoms with Crippen LogP contribution in [0, 0.1) is 0 Å². The molecule has 2 rings (SSSR count). The topological polar surface area (TPSA) is 74.8 Å². The van der Waals surface area contributed by atoms with Crippen LogP contribution >= 0.6 is 0 Å². The molecule has 0 saturated carbocycles. The smallest absolute Gasteiger partial charge is 0.317 e. The number of ether oxygens (including phenoxy) is 1. The summed E-state index contributed by atoms with van der Waals surface area (Å²) in [6, 6.07) is 3.42. The van der Waals surface area contributed by atoms with Crippen molar-refractivity contribution in [2.75, 3.05) is 27.2 Å². The van der Waals surface area contributed by atoms with Gasteiger partial charge in [-0.1, -0.05) is 0 Å². The number of hydrogen-bond acceptors (Lipinski definition) is 4. The molecule has 1 fully saturated rings. The van der Waals surface area contributed by atoms with Crippen molar-refractivity contribution in [2.24, 2.45) is 0 Å². The zero-order chi connectivity index (χ0) is 17.0. The number of rotatable bonds is 4. The summed E-state index contributed by atoms with van der Waals surface area (Å²) in [7, 11) is 3.37. The summed E-state index contributed by atoms with van der Waals surface area (Å²) in [4.78, 5) is 31.6. The zero-order valence-electron chi connectivity index (χ0n) is 14.1. The van der Waals surface area contributed by atoms with Crippen LogP contribution in [-0.4, -0.2) is 66.1 Å². The number of carbonyl (C=O) groups excluding carboxylic acids is 2. The molecule has 7 nitrogen and oxygen atoms in total. The summed E-state index contributed by atoms with van der Waals surface area (Å²) >= 11 is 0. The lowest BCUT2D eigenvalue weighted by molar-refractivity contribution is 0.0818. The van der Waals surface area contributed by atoms with Crippen molar-refractivity contribution < 1.29 is 14.3 Å². The number of hydrogen-bond donors (Lipinski definition) is 1. The van der Waals surface area contributed by atoms with E-state index in [0.29, 0.717) is 24.5 Å². The predicted molar refractivity (Wildman–Crippen MR) is 86.5 cm³/mol. The van der Waals surface area contributed by atoms with E-state index in [9.17, 15) is 9.59 Å². The van der Waals surface area contributed by atoms with Crippen molar-refractivity contribution in [3.05, 3.63) is 23.9 Å². The van der Waals surface area contributed by atoms with Crippen molar-refractivity contribution >= 4 is 11.9 Å². The lowest BCUT2D eigenvalue weighted by Crippen LogP contribution is -2.42. The first-order valence-electron chi connectivity index (χ1n) is 7.77. The van der Waals surface area contributed by atoms with Gasteiger partial charge in [0.15, 0.2) is 0 Å². The van der Waals surface area contributed by atoms with Crippen LogP contribution in [0.1, 0.15) is 30.6 Å². The van der Waals surface area contributed by atoms with Crippen LogP contribution in [0.2, 0.25) is 0 Å². The van der Waals surface area contributed by atoms with Gasteiger partial charge in [-0.05, 0) is 26.0 Å². The first kappa shape index (κ1) is 17.1. The molecule has 1 atom stereocenters. The molecule has 1 aromatic heterocycles. The van der Waals surface area contributed by atoms with Crippen LogP contribution in [-0.2, 0) is 0 Å². The Kier molecular flexibility index (Phi) is 5.41. The molecule has 0 spiro atoms.